The minimum absolute atomic E-state index is 0. The lowest BCUT2D eigenvalue weighted by atomic mass is 10.1. The van der Waals surface area contributed by atoms with E-state index in [4.69, 9.17) is 9.15 Å². The second-order valence-corrected chi connectivity index (χ2v) is 6.96. The van der Waals surface area contributed by atoms with Crippen LogP contribution in [0.5, 0.6) is 0 Å². The molecule has 1 aromatic heterocycles. The summed E-state index contributed by atoms with van der Waals surface area (Å²) in [5.74, 6) is 1.60. The molecule has 2 heterocycles. The van der Waals surface area contributed by atoms with Crippen molar-refractivity contribution in [2.24, 2.45) is 4.99 Å². The van der Waals surface area contributed by atoms with Gasteiger partial charge in [-0.3, -0.25) is 4.79 Å². The molecular formula is C19H34IN5O3. The van der Waals surface area contributed by atoms with Crippen LogP contribution in [0.25, 0.3) is 0 Å². The van der Waals surface area contributed by atoms with Gasteiger partial charge in [-0.05, 0) is 25.0 Å². The Morgan fingerprint density at radius 3 is 2.75 bits per heavy atom. The van der Waals surface area contributed by atoms with Gasteiger partial charge in [-0.25, -0.2) is 4.99 Å². The lowest BCUT2D eigenvalue weighted by Crippen LogP contribution is -2.49. The second kappa shape index (κ2) is 13.8. The number of amides is 1. The van der Waals surface area contributed by atoms with Crippen LogP contribution >= 0.6 is 24.0 Å². The number of halogens is 1. The SMILES string of the molecule is COCCN1CCC(NC(=NCC(=O)N(C)C)NCCc2ccco2)CC1.I. The normalized spacial score (nSPS) is 15.8. The van der Waals surface area contributed by atoms with Crippen LogP contribution in [0.2, 0.25) is 0 Å². The smallest absolute Gasteiger partial charge is 0.243 e. The Labute approximate surface area is 185 Å². The molecule has 9 heteroatoms. The van der Waals surface area contributed by atoms with Gasteiger partial charge < -0.3 is 29.6 Å². The van der Waals surface area contributed by atoms with Gasteiger partial charge in [-0.2, -0.15) is 0 Å². The Balaban J connectivity index is 0.00000392. The zero-order valence-corrected chi connectivity index (χ0v) is 19.5. The molecule has 1 aromatic rings. The molecular weight excluding hydrogens is 473 g/mol. The highest BCUT2D eigenvalue weighted by atomic mass is 127. The molecule has 0 saturated carbocycles. The van der Waals surface area contributed by atoms with Crippen LogP contribution in [0.3, 0.4) is 0 Å². The number of aliphatic imine (C=N–C) groups is 1. The first kappa shape index (κ1) is 24.7. The van der Waals surface area contributed by atoms with E-state index in [1.165, 1.54) is 0 Å². The number of carbonyl (C=O) groups excluding carboxylic acids is 1. The predicted molar refractivity (Wildman–Crippen MR) is 121 cm³/mol. The quantitative estimate of drug-likeness (QED) is 0.297. The highest BCUT2D eigenvalue weighted by Gasteiger charge is 2.20. The Morgan fingerprint density at radius 1 is 1.39 bits per heavy atom. The summed E-state index contributed by atoms with van der Waals surface area (Å²) in [6.07, 6.45) is 4.54. The van der Waals surface area contributed by atoms with Gasteiger partial charge in [0, 0.05) is 59.8 Å². The van der Waals surface area contributed by atoms with Crippen LogP contribution in [0, 0.1) is 0 Å². The van der Waals surface area contributed by atoms with Crippen molar-refractivity contribution in [3.05, 3.63) is 24.2 Å². The fraction of sp³-hybridized carbons (Fsp3) is 0.684. The zero-order valence-electron chi connectivity index (χ0n) is 17.1. The van der Waals surface area contributed by atoms with E-state index in [0.717, 1.165) is 51.3 Å². The number of guanidine groups is 1. The molecule has 8 nitrogen and oxygen atoms in total. The molecule has 0 aliphatic carbocycles. The summed E-state index contributed by atoms with van der Waals surface area (Å²) in [4.78, 5) is 20.3. The molecule has 2 N–H and O–H groups in total. The summed E-state index contributed by atoms with van der Waals surface area (Å²) in [6, 6.07) is 4.19. The van der Waals surface area contributed by atoms with Crippen molar-refractivity contribution < 1.29 is 13.9 Å². The Bertz CT molecular complexity index is 572. The van der Waals surface area contributed by atoms with Crippen molar-refractivity contribution >= 4 is 35.8 Å². The monoisotopic (exact) mass is 507 g/mol. The maximum Gasteiger partial charge on any atom is 0.243 e. The highest BCUT2D eigenvalue weighted by molar-refractivity contribution is 14.0. The molecule has 0 spiro atoms. The average molecular weight is 507 g/mol. The number of carbonyl (C=O) groups is 1. The van der Waals surface area contributed by atoms with E-state index < -0.39 is 0 Å². The zero-order chi connectivity index (χ0) is 19.5. The van der Waals surface area contributed by atoms with Crippen LogP contribution in [0.4, 0.5) is 0 Å². The molecule has 2 rings (SSSR count). The van der Waals surface area contributed by atoms with Crippen LogP contribution in [0.1, 0.15) is 18.6 Å². The largest absolute Gasteiger partial charge is 0.469 e. The van der Waals surface area contributed by atoms with Gasteiger partial charge in [0.2, 0.25) is 5.91 Å². The fourth-order valence-corrected chi connectivity index (χ4v) is 2.91. The van der Waals surface area contributed by atoms with Crippen LogP contribution < -0.4 is 10.6 Å². The summed E-state index contributed by atoms with van der Waals surface area (Å²) >= 11 is 0. The van der Waals surface area contributed by atoms with Gasteiger partial charge in [0.05, 0.1) is 12.9 Å². The third-order valence-electron chi connectivity index (χ3n) is 4.66. The van der Waals surface area contributed by atoms with E-state index in [-0.39, 0.29) is 36.4 Å². The highest BCUT2D eigenvalue weighted by Crippen LogP contribution is 2.10. The number of rotatable bonds is 9. The summed E-state index contributed by atoms with van der Waals surface area (Å²) in [5, 5.41) is 6.81. The lowest BCUT2D eigenvalue weighted by molar-refractivity contribution is -0.127. The fourth-order valence-electron chi connectivity index (χ4n) is 2.91. The minimum Gasteiger partial charge on any atom is -0.469 e. The molecule has 160 valence electrons. The number of likely N-dealkylation sites (N-methyl/N-ethyl adjacent to an activating group) is 1. The number of ether oxygens (including phenoxy) is 1. The maximum absolute atomic E-state index is 11.9. The first-order chi connectivity index (χ1) is 13.1. The van der Waals surface area contributed by atoms with Crippen molar-refractivity contribution in [2.75, 3.05) is 60.5 Å². The molecule has 0 bridgehead atoms. The summed E-state index contributed by atoms with van der Waals surface area (Å²) < 4.78 is 10.5. The third kappa shape index (κ3) is 9.24. The number of hydrogen-bond donors (Lipinski definition) is 2. The number of nitrogens with one attached hydrogen (secondary N) is 2. The summed E-state index contributed by atoms with van der Waals surface area (Å²) in [7, 11) is 5.22. The third-order valence-corrected chi connectivity index (χ3v) is 4.66. The maximum atomic E-state index is 11.9. The molecule has 0 atom stereocenters. The van der Waals surface area contributed by atoms with Gasteiger partial charge in [-0.15, -0.1) is 24.0 Å². The topological polar surface area (TPSA) is 82.3 Å². The van der Waals surface area contributed by atoms with E-state index in [9.17, 15) is 4.79 Å². The van der Waals surface area contributed by atoms with E-state index in [1.807, 2.05) is 12.1 Å². The molecule has 0 aromatic carbocycles. The molecule has 1 aliphatic heterocycles. The van der Waals surface area contributed by atoms with Crippen LogP contribution in [0.15, 0.2) is 27.8 Å². The van der Waals surface area contributed by atoms with Gasteiger partial charge in [0.15, 0.2) is 5.96 Å². The first-order valence-corrected chi connectivity index (χ1v) is 9.57. The van der Waals surface area contributed by atoms with Gasteiger partial charge >= 0.3 is 0 Å². The average Bonchev–Trinajstić information content (AvgIpc) is 3.18. The lowest BCUT2D eigenvalue weighted by Gasteiger charge is -2.33. The number of hydrogen-bond acceptors (Lipinski definition) is 5. The first-order valence-electron chi connectivity index (χ1n) is 9.57. The number of methoxy groups -OCH3 is 1. The van der Waals surface area contributed by atoms with E-state index in [0.29, 0.717) is 18.5 Å². The van der Waals surface area contributed by atoms with Gasteiger partial charge in [0.1, 0.15) is 12.3 Å². The molecule has 1 aliphatic rings. The van der Waals surface area contributed by atoms with Crippen molar-refractivity contribution in [2.45, 2.75) is 25.3 Å². The molecule has 1 fully saturated rings. The standard InChI is InChI=1S/C19H33N5O3.HI/c1-23(2)18(25)15-21-19(20-9-6-17-5-4-13-27-17)22-16-7-10-24(11-8-16)12-14-26-3;/h4-5,13,16H,6-12,14-15H2,1-3H3,(H2,20,21,22);1H. The van der Waals surface area contributed by atoms with E-state index in [2.05, 4.69) is 20.5 Å². The summed E-state index contributed by atoms with van der Waals surface area (Å²) in [6.45, 7) is 4.65. The van der Waals surface area contributed by atoms with Gasteiger partial charge in [-0.1, -0.05) is 0 Å². The number of likely N-dealkylation sites (tertiary alicyclic amines) is 1. The van der Waals surface area contributed by atoms with E-state index in [1.54, 1.807) is 32.4 Å². The number of piperidine rings is 1. The predicted octanol–water partition coefficient (Wildman–Crippen LogP) is 1.17. The van der Waals surface area contributed by atoms with Crippen molar-refractivity contribution in [1.82, 2.24) is 20.4 Å². The van der Waals surface area contributed by atoms with Crippen LogP contribution in [-0.4, -0.2) is 88.2 Å². The summed E-state index contributed by atoms with van der Waals surface area (Å²) in [5.41, 5.74) is 0. The van der Waals surface area contributed by atoms with Crippen molar-refractivity contribution in [3.63, 3.8) is 0 Å². The van der Waals surface area contributed by atoms with E-state index >= 15 is 0 Å². The minimum atomic E-state index is -0.0171. The Morgan fingerprint density at radius 2 is 2.14 bits per heavy atom. The Kier molecular flexibility index (Phi) is 12.2. The second-order valence-electron chi connectivity index (χ2n) is 6.96. The Hall–Kier alpha value is -1.33. The number of furan rings is 1. The molecule has 1 saturated heterocycles. The molecule has 0 unspecified atom stereocenters. The number of nitrogens with zero attached hydrogens (tertiary/aromatic N) is 3. The van der Waals surface area contributed by atoms with Crippen molar-refractivity contribution in [1.29, 1.82) is 0 Å². The van der Waals surface area contributed by atoms with Crippen LogP contribution in [-0.2, 0) is 16.0 Å². The molecule has 0 radical (unpaired) electrons. The molecule has 28 heavy (non-hydrogen) atoms. The van der Waals surface area contributed by atoms with Crippen molar-refractivity contribution in [3.8, 4) is 0 Å². The van der Waals surface area contributed by atoms with Gasteiger partial charge in [0.25, 0.3) is 0 Å². The molecule has 1 amide bonds.